The van der Waals surface area contributed by atoms with Crippen LogP contribution in [0, 0.1) is 0 Å². The van der Waals surface area contributed by atoms with Crippen molar-refractivity contribution in [2.24, 2.45) is 0 Å². The van der Waals surface area contributed by atoms with Crippen molar-refractivity contribution in [3.63, 3.8) is 0 Å². The average molecular weight is 331 g/mol. The molecule has 2 aromatic heterocycles. The first-order valence-corrected chi connectivity index (χ1v) is 7.27. The number of nitrogens with zero attached hydrogens (tertiary/aromatic N) is 3. The van der Waals surface area contributed by atoms with Gasteiger partial charge in [0.25, 0.3) is 5.91 Å². The largest absolute Gasteiger partial charge is 0.496 e. The molecule has 0 saturated carbocycles. The van der Waals surface area contributed by atoms with Gasteiger partial charge in [-0.3, -0.25) is 9.89 Å². The standard InChI is InChI=1S/C15H17N5O4/c1-8(15-17-11(7-22-2)20-24-15)16-14(21)13-12-9(18-19-13)5-4-6-10(12)23-3/h4-6,8H,7H2,1-3H3,(H,16,21)(H,18,19). The number of hydrogen-bond acceptors (Lipinski definition) is 7. The van der Waals surface area contributed by atoms with Crippen LogP contribution in [0.3, 0.4) is 0 Å². The van der Waals surface area contributed by atoms with E-state index in [1.54, 1.807) is 20.1 Å². The molecule has 1 amide bonds. The number of carbonyl (C=O) groups excluding carboxylic acids is 1. The topological polar surface area (TPSA) is 115 Å². The lowest BCUT2D eigenvalue weighted by atomic mass is 10.1. The minimum absolute atomic E-state index is 0.241. The molecule has 0 aliphatic heterocycles. The molecule has 2 N–H and O–H groups in total. The van der Waals surface area contributed by atoms with Crippen molar-refractivity contribution >= 4 is 16.8 Å². The summed E-state index contributed by atoms with van der Waals surface area (Å²) in [5.41, 5.74) is 0.957. The van der Waals surface area contributed by atoms with Gasteiger partial charge in [0.05, 0.1) is 18.0 Å². The normalized spacial score (nSPS) is 12.3. The van der Waals surface area contributed by atoms with E-state index in [1.807, 2.05) is 12.1 Å². The predicted molar refractivity (Wildman–Crippen MR) is 83.5 cm³/mol. The van der Waals surface area contributed by atoms with Gasteiger partial charge in [0.15, 0.2) is 11.5 Å². The summed E-state index contributed by atoms with van der Waals surface area (Å²) in [4.78, 5) is 16.7. The quantitative estimate of drug-likeness (QED) is 0.704. The highest BCUT2D eigenvalue weighted by Crippen LogP contribution is 2.27. The molecule has 0 aliphatic rings. The maximum atomic E-state index is 12.5. The van der Waals surface area contributed by atoms with Crippen molar-refractivity contribution in [3.8, 4) is 5.75 Å². The number of nitrogens with one attached hydrogen (secondary N) is 2. The number of hydrogen-bond donors (Lipinski definition) is 2. The highest BCUT2D eigenvalue weighted by atomic mass is 16.5. The third-order valence-electron chi connectivity index (χ3n) is 3.46. The van der Waals surface area contributed by atoms with Crippen LogP contribution >= 0.6 is 0 Å². The van der Waals surface area contributed by atoms with E-state index in [-0.39, 0.29) is 18.2 Å². The van der Waals surface area contributed by atoms with Crippen LogP contribution in [0.5, 0.6) is 5.75 Å². The lowest BCUT2D eigenvalue weighted by molar-refractivity contribution is 0.0929. The molecule has 1 aromatic carbocycles. The van der Waals surface area contributed by atoms with E-state index in [0.29, 0.717) is 28.4 Å². The third kappa shape index (κ3) is 2.93. The zero-order chi connectivity index (χ0) is 17.1. The fourth-order valence-corrected chi connectivity index (χ4v) is 2.33. The number of H-pyrrole nitrogens is 1. The molecule has 9 heteroatoms. The van der Waals surface area contributed by atoms with Crippen LogP contribution in [0.2, 0.25) is 0 Å². The summed E-state index contributed by atoms with van der Waals surface area (Å²) in [6, 6.07) is 4.93. The van der Waals surface area contributed by atoms with Crippen molar-refractivity contribution in [1.82, 2.24) is 25.7 Å². The molecular weight excluding hydrogens is 314 g/mol. The summed E-state index contributed by atoms with van der Waals surface area (Å²) >= 11 is 0. The van der Waals surface area contributed by atoms with E-state index < -0.39 is 6.04 Å². The van der Waals surface area contributed by atoms with Gasteiger partial charge in [-0.25, -0.2) is 0 Å². The van der Waals surface area contributed by atoms with E-state index in [1.165, 1.54) is 7.11 Å². The van der Waals surface area contributed by atoms with Crippen molar-refractivity contribution in [3.05, 3.63) is 35.6 Å². The first kappa shape index (κ1) is 15.9. The Labute approximate surface area is 137 Å². The molecule has 0 fully saturated rings. The first-order valence-electron chi connectivity index (χ1n) is 7.27. The molecule has 0 aliphatic carbocycles. The summed E-state index contributed by atoms with van der Waals surface area (Å²) in [6.07, 6.45) is 0. The Morgan fingerprint density at radius 1 is 1.42 bits per heavy atom. The van der Waals surface area contributed by atoms with Gasteiger partial charge in [0.1, 0.15) is 18.4 Å². The predicted octanol–water partition coefficient (Wildman–Crippen LogP) is 1.59. The number of ether oxygens (including phenoxy) is 2. The maximum absolute atomic E-state index is 12.5. The monoisotopic (exact) mass is 331 g/mol. The van der Waals surface area contributed by atoms with Crippen LogP contribution in [-0.2, 0) is 11.3 Å². The Morgan fingerprint density at radius 2 is 2.25 bits per heavy atom. The van der Waals surface area contributed by atoms with Gasteiger partial charge in [-0.15, -0.1) is 0 Å². The molecule has 0 radical (unpaired) electrons. The van der Waals surface area contributed by atoms with E-state index >= 15 is 0 Å². The Bertz CT molecular complexity index is 857. The molecule has 3 aromatic rings. The Hall–Kier alpha value is -2.94. The van der Waals surface area contributed by atoms with Gasteiger partial charge < -0.3 is 19.3 Å². The highest BCUT2D eigenvalue weighted by Gasteiger charge is 2.22. The van der Waals surface area contributed by atoms with Crippen molar-refractivity contribution in [2.75, 3.05) is 14.2 Å². The van der Waals surface area contributed by atoms with Crippen LogP contribution in [0.4, 0.5) is 0 Å². The van der Waals surface area contributed by atoms with E-state index in [9.17, 15) is 4.79 Å². The summed E-state index contributed by atoms with van der Waals surface area (Å²) < 4.78 is 15.4. The van der Waals surface area contributed by atoms with Crippen LogP contribution in [-0.4, -0.2) is 40.5 Å². The number of methoxy groups -OCH3 is 2. The number of fused-ring (bicyclic) bond motifs is 1. The van der Waals surface area contributed by atoms with Crippen molar-refractivity contribution in [2.45, 2.75) is 19.6 Å². The van der Waals surface area contributed by atoms with E-state index in [0.717, 1.165) is 0 Å². The zero-order valence-corrected chi connectivity index (χ0v) is 13.5. The maximum Gasteiger partial charge on any atom is 0.273 e. The third-order valence-corrected chi connectivity index (χ3v) is 3.46. The number of amides is 1. The highest BCUT2D eigenvalue weighted by molar-refractivity contribution is 6.07. The molecule has 0 bridgehead atoms. The van der Waals surface area contributed by atoms with Crippen LogP contribution < -0.4 is 10.1 Å². The molecule has 1 atom stereocenters. The molecule has 24 heavy (non-hydrogen) atoms. The number of carbonyl (C=O) groups is 1. The van der Waals surface area contributed by atoms with Gasteiger partial charge in [0, 0.05) is 7.11 Å². The Kier molecular flexibility index (Phi) is 4.43. The summed E-state index contributed by atoms with van der Waals surface area (Å²) in [5, 5.41) is 14.1. The second kappa shape index (κ2) is 6.67. The van der Waals surface area contributed by atoms with Gasteiger partial charge in [-0.2, -0.15) is 10.1 Å². The lowest BCUT2D eigenvalue weighted by Gasteiger charge is -2.09. The fraction of sp³-hybridized carbons (Fsp3) is 0.333. The molecule has 0 saturated heterocycles. The molecule has 126 valence electrons. The molecule has 3 rings (SSSR count). The molecule has 9 nitrogen and oxygen atoms in total. The second-order valence-corrected chi connectivity index (χ2v) is 5.13. The SMILES string of the molecule is COCc1noc(C(C)NC(=O)c2n[nH]c3cccc(OC)c23)n1. The van der Waals surface area contributed by atoms with Gasteiger partial charge in [0.2, 0.25) is 5.89 Å². The fourth-order valence-electron chi connectivity index (χ4n) is 2.33. The molecule has 2 heterocycles. The summed E-state index contributed by atoms with van der Waals surface area (Å²) in [7, 11) is 3.08. The minimum atomic E-state index is -0.475. The molecule has 1 unspecified atom stereocenters. The van der Waals surface area contributed by atoms with Crippen LogP contribution in [0.1, 0.15) is 35.2 Å². The molecule has 0 spiro atoms. The average Bonchev–Trinajstić information content (AvgIpc) is 3.21. The number of aromatic nitrogens is 4. The van der Waals surface area contributed by atoms with Crippen LogP contribution in [0.25, 0.3) is 10.9 Å². The number of rotatable bonds is 6. The number of benzene rings is 1. The van der Waals surface area contributed by atoms with Crippen molar-refractivity contribution in [1.29, 1.82) is 0 Å². The van der Waals surface area contributed by atoms with Crippen molar-refractivity contribution < 1.29 is 18.8 Å². The number of aromatic amines is 1. The second-order valence-electron chi connectivity index (χ2n) is 5.13. The smallest absolute Gasteiger partial charge is 0.273 e. The lowest BCUT2D eigenvalue weighted by Crippen LogP contribution is -2.27. The Morgan fingerprint density at radius 3 is 3.00 bits per heavy atom. The van der Waals surface area contributed by atoms with Gasteiger partial charge in [-0.05, 0) is 19.1 Å². The summed E-state index contributed by atoms with van der Waals surface area (Å²) in [5.74, 6) is 0.909. The van der Waals surface area contributed by atoms with Gasteiger partial charge in [-0.1, -0.05) is 11.2 Å². The first-order chi connectivity index (χ1) is 11.6. The van der Waals surface area contributed by atoms with Crippen LogP contribution in [0.15, 0.2) is 22.7 Å². The zero-order valence-electron chi connectivity index (χ0n) is 13.5. The minimum Gasteiger partial charge on any atom is -0.496 e. The molecular formula is C15H17N5O4. The Balaban J connectivity index is 1.81. The van der Waals surface area contributed by atoms with E-state index in [4.69, 9.17) is 14.0 Å². The summed E-state index contributed by atoms with van der Waals surface area (Å²) in [6.45, 7) is 1.99. The van der Waals surface area contributed by atoms with E-state index in [2.05, 4.69) is 25.7 Å². The van der Waals surface area contributed by atoms with Gasteiger partial charge >= 0.3 is 0 Å².